The maximum atomic E-state index is 12.0. The van der Waals surface area contributed by atoms with Crippen LogP contribution in [-0.2, 0) is 5.41 Å². The van der Waals surface area contributed by atoms with Crippen LogP contribution < -0.4 is 0 Å². The van der Waals surface area contributed by atoms with E-state index in [2.05, 4.69) is 83.8 Å². The van der Waals surface area contributed by atoms with Crippen LogP contribution >= 0.6 is 0 Å². The van der Waals surface area contributed by atoms with E-state index in [0.29, 0.717) is 5.56 Å². The number of hydrogen-bond acceptors (Lipinski definition) is 3. The third kappa shape index (κ3) is 2.47. The van der Waals surface area contributed by atoms with Gasteiger partial charge < -0.3 is 0 Å². The number of pyridine rings is 1. The summed E-state index contributed by atoms with van der Waals surface area (Å²) in [5, 5.41) is 14.1. The summed E-state index contributed by atoms with van der Waals surface area (Å²) in [4.78, 5) is 16.3. The van der Waals surface area contributed by atoms with Gasteiger partial charge in [0.25, 0.3) is 5.69 Å². The predicted molar refractivity (Wildman–Crippen MR) is 150 cm³/mol. The third-order valence-corrected chi connectivity index (χ3v) is 8.30. The molecule has 0 N–H and O–H groups in total. The van der Waals surface area contributed by atoms with Crippen LogP contribution in [0.2, 0.25) is 0 Å². The highest BCUT2D eigenvalue weighted by molar-refractivity contribution is 6.12. The number of nitro groups is 1. The Morgan fingerprint density at radius 2 is 1.16 bits per heavy atom. The van der Waals surface area contributed by atoms with Gasteiger partial charge in [0.15, 0.2) is 0 Å². The molecule has 0 bridgehead atoms. The Kier molecular flexibility index (Phi) is 4.13. The highest BCUT2D eigenvalue weighted by Gasteiger charge is 2.50. The summed E-state index contributed by atoms with van der Waals surface area (Å²) < 4.78 is 0. The fourth-order valence-corrected chi connectivity index (χ4v) is 6.93. The first kappa shape index (κ1) is 21.0. The minimum Gasteiger partial charge on any atom is -0.264 e. The second kappa shape index (κ2) is 7.46. The average Bonchev–Trinajstić information content (AvgIpc) is 3.27. The van der Waals surface area contributed by atoms with E-state index in [0.717, 1.165) is 33.0 Å². The lowest BCUT2D eigenvalue weighted by molar-refractivity contribution is -0.384. The molecule has 0 saturated heterocycles. The summed E-state index contributed by atoms with van der Waals surface area (Å²) in [6.07, 6.45) is 3.88. The first-order valence-corrected chi connectivity index (χ1v) is 12.7. The van der Waals surface area contributed by atoms with E-state index in [1.807, 2.05) is 30.6 Å². The molecule has 4 heteroatoms. The largest absolute Gasteiger partial charge is 0.277 e. The molecule has 0 atom stereocenters. The lowest BCUT2D eigenvalue weighted by Gasteiger charge is -2.39. The number of nitrogens with zero attached hydrogens (tertiary/aromatic N) is 2. The molecule has 1 spiro atoms. The van der Waals surface area contributed by atoms with Crippen LogP contribution in [-0.4, -0.2) is 9.91 Å². The maximum absolute atomic E-state index is 12.0. The number of aromatic nitrogens is 1. The molecule has 0 radical (unpaired) electrons. The zero-order chi connectivity index (χ0) is 25.4. The van der Waals surface area contributed by atoms with Crippen LogP contribution in [0.25, 0.3) is 44.2 Å². The lowest BCUT2D eigenvalue weighted by Crippen LogP contribution is -2.32. The first-order valence-electron chi connectivity index (χ1n) is 12.7. The van der Waals surface area contributed by atoms with Crippen molar-refractivity contribution in [3.05, 3.63) is 154 Å². The zero-order valence-electron chi connectivity index (χ0n) is 20.3. The predicted octanol–water partition coefficient (Wildman–Crippen LogP) is 8.15. The smallest absolute Gasteiger partial charge is 0.264 e. The first-order chi connectivity index (χ1) is 18.7. The second-order valence-corrected chi connectivity index (χ2v) is 9.93. The average molecular weight is 489 g/mol. The Hall–Kier alpha value is -5.09. The number of hydrogen-bond donors (Lipinski definition) is 0. The standard InChI is InChI=1S/C34H20N2O2/c37-36(38)32-15-6-3-10-25(32)21-16-17-27-24-18-19-35-20-31(24)34(30-14-7-11-26(21)33(27)30)28-12-4-1-8-22(28)23-9-2-5-13-29(23)34/h1-20H. The van der Waals surface area contributed by atoms with Gasteiger partial charge in [0.2, 0.25) is 0 Å². The van der Waals surface area contributed by atoms with Gasteiger partial charge in [-0.2, -0.15) is 0 Å². The van der Waals surface area contributed by atoms with Crippen LogP contribution in [0.4, 0.5) is 5.69 Å². The normalized spacial score (nSPS) is 13.7. The summed E-state index contributed by atoms with van der Waals surface area (Å²) in [5.74, 6) is 0. The van der Waals surface area contributed by atoms with Crippen molar-refractivity contribution in [3.8, 4) is 33.4 Å². The van der Waals surface area contributed by atoms with E-state index in [1.54, 1.807) is 12.1 Å². The van der Waals surface area contributed by atoms with Crippen molar-refractivity contribution >= 4 is 16.5 Å². The van der Waals surface area contributed by atoms with Crippen LogP contribution in [0, 0.1) is 10.1 Å². The van der Waals surface area contributed by atoms with Gasteiger partial charge in [-0.1, -0.05) is 91.0 Å². The molecule has 2 aliphatic rings. The summed E-state index contributed by atoms with van der Waals surface area (Å²) in [6, 6.07) is 37.0. The van der Waals surface area contributed by atoms with Crippen LogP contribution in [0.5, 0.6) is 0 Å². The fourth-order valence-electron chi connectivity index (χ4n) is 6.93. The molecule has 6 aromatic rings. The summed E-state index contributed by atoms with van der Waals surface area (Å²) in [7, 11) is 0. The van der Waals surface area contributed by atoms with Crippen molar-refractivity contribution in [1.82, 2.24) is 4.98 Å². The fraction of sp³-hybridized carbons (Fsp3) is 0.0294. The van der Waals surface area contributed by atoms with E-state index in [4.69, 9.17) is 0 Å². The summed E-state index contributed by atoms with van der Waals surface area (Å²) in [5.41, 5.74) is 10.6. The van der Waals surface area contributed by atoms with Crippen LogP contribution in [0.15, 0.2) is 122 Å². The quantitative estimate of drug-likeness (QED) is 0.182. The SMILES string of the molecule is O=[N+]([O-])c1ccccc1-c1ccc2c3c(cccc13)C1(c3ccccc3-c3ccccc31)c1cnccc1-2. The van der Waals surface area contributed by atoms with Gasteiger partial charge in [-0.25, -0.2) is 0 Å². The minimum atomic E-state index is -0.537. The third-order valence-electron chi connectivity index (χ3n) is 8.30. The summed E-state index contributed by atoms with van der Waals surface area (Å²) in [6.45, 7) is 0. The maximum Gasteiger partial charge on any atom is 0.277 e. The van der Waals surface area contributed by atoms with E-state index >= 15 is 0 Å². The van der Waals surface area contributed by atoms with Gasteiger partial charge in [-0.3, -0.25) is 15.1 Å². The van der Waals surface area contributed by atoms with Crippen LogP contribution in [0.1, 0.15) is 22.3 Å². The van der Waals surface area contributed by atoms with Gasteiger partial charge in [-0.15, -0.1) is 0 Å². The van der Waals surface area contributed by atoms with E-state index < -0.39 is 5.41 Å². The Balaban J connectivity index is 1.58. The number of nitro benzene ring substituents is 1. The molecule has 0 amide bonds. The molecule has 1 heterocycles. The molecule has 0 saturated carbocycles. The van der Waals surface area contributed by atoms with E-state index in [9.17, 15) is 10.1 Å². The van der Waals surface area contributed by atoms with Crippen molar-refractivity contribution in [2.45, 2.75) is 5.41 Å². The number of para-hydroxylation sites is 1. The number of benzene rings is 5. The molecule has 0 fully saturated rings. The molecule has 0 aliphatic heterocycles. The molecule has 8 rings (SSSR count). The lowest BCUT2D eigenvalue weighted by atomic mass is 9.61. The molecule has 1 aromatic heterocycles. The molecule has 4 nitrogen and oxygen atoms in total. The van der Waals surface area contributed by atoms with Crippen molar-refractivity contribution in [3.63, 3.8) is 0 Å². The number of rotatable bonds is 2. The van der Waals surface area contributed by atoms with Crippen molar-refractivity contribution < 1.29 is 4.92 Å². The number of fused-ring (bicyclic) bond motifs is 9. The van der Waals surface area contributed by atoms with Gasteiger partial charge in [-0.05, 0) is 73.0 Å². The Morgan fingerprint density at radius 1 is 0.553 bits per heavy atom. The molecular weight excluding hydrogens is 468 g/mol. The second-order valence-electron chi connectivity index (χ2n) is 9.93. The highest BCUT2D eigenvalue weighted by Crippen LogP contribution is 2.62. The molecule has 2 aliphatic carbocycles. The van der Waals surface area contributed by atoms with Gasteiger partial charge in [0.05, 0.1) is 15.9 Å². The van der Waals surface area contributed by atoms with E-state index in [-0.39, 0.29) is 10.6 Å². The Labute approximate surface area is 219 Å². The van der Waals surface area contributed by atoms with Crippen molar-refractivity contribution in [1.29, 1.82) is 0 Å². The molecule has 0 unspecified atom stereocenters. The van der Waals surface area contributed by atoms with E-state index in [1.165, 1.54) is 27.8 Å². The van der Waals surface area contributed by atoms with Gasteiger partial charge in [0, 0.05) is 18.5 Å². The Bertz CT molecular complexity index is 1930. The monoisotopic (exact) mass is 488 g/mol. The van der Waals surface area contributed by atoms with Gasteiger partial charge in [0.1, 0.15) is 0 Å². The van der Waals surface area contributed by atoms with Crippen molar-refractivity contribution in [2.24, 2.45) is 0 Å². The molecule has 38 heavy (non-hydrogen) atoms. The van der Waals surface area contributed by atoms with Crippen LogP contribution in [0.3, 0.4) is 0 Å². The molecule has 178 valence electrons. The topological polar surface area (TPSA) is 56.0 Å². The van der Waals surface area contributed by atoms with Gasteiger partial charge >= 0.3 is 0 Å². The minimum absolute atomic E-state index is 0.111. The Morgan fingerprint density at radius 3 is 1.89 bits per heavy atom. The molecular formula is C34H20N2O2. The zero-order valence-corrected chi connectivity index (χ0v) is 20.3. The van der Waals surface area contributed by atoms with Crippen molar-refractivity contribution in [2.75, 3.05) is 0 Å². The highest BCUT2D eigenvalue weighted by atomic mass is 16.6. The summed E-state index contributed by atoms with van der Waals surface area (Å²) >= 11 is 0. The molecule has 5 aromatic carbocycles.